The topological polar surface area (TPSA) is 44.7 Å². The minimum Gasteiger partial charge on any atom is -0.378 e. The van der Waals surface area contributed by atoms with Crippen LogP contribution in [0.5, 0.6) is 0 Å². The third kappa shape index (κ3) is 3.15. The van der Waals surface area contributed by atoms with Gasteiger partial charge in [0, 0.05) is 44.8 Å². The molecule has 1 aromatic heterocycles. The van der Waals surface area contributed by atoms with Gasteiger partial charge in [0.05, 0.1) is 18.9 Å². The summed E-state index contributed by atoms with van der Waals surface area (Å²) in [6.07, 6.45) is 4.76. The highest BCUT2D eigenvalue weighted by molar-refractivity contribution is 5.54. The van der Waals surface area contributed by atoms with E-state index in [2.05, 4.69) is 21.7 Å². The van der Waals surface area contributed by atoms with Gasteiger partial charge >= 0.3 is 0 Å². The second-order valence-electron chi connectivity index (χ2n) is 6.87. The highest BCUT2D eigenvalue weighted by Gasteiger charge is 2.25. The summed E-state index contributed by atoms with van der Waals surface area (Å²) < 4.78 is 5.52. The van der Waals surface area contributed by atoms with E-state index >= 15 is 0 Å². The van der Waals surface area contributed by atoms with E-state index in [1.165, 1.54) is 29.9 Å². The minimum atomic E-state index is 0.808. The number of fused-ring (bicyclic) bond motifs is 1. The summed E-state index contributed by atoms with van der Waals surface area (Å²) in [5.41, 5.74) is 2.69. The first-order valence-electron chi connectivity index (χ1n) is 8.97. The summed E-state index contributed by atoms with van der Waals surface area (Å²) in [4.78, 5) is 17.1. The second-order valence-corrected chi connectivity index (χ2v) is 6.87. The third-order valence-corrected chi connectivity index (χ3v) is 5.25. The normalized spacial score (nSPS) is 23.0. The highest BCUT2D eigenvalue weighted by atomic mass is 16.5. The van der Waals surface area contributed by atoms with Gasteiger partial charge in [0.2, 0.25) is 5.95 Å². The van der Waals surface area contributed by atoms with Crippen molar-refractivity contribution in [2.45, 2.75) is 25.7 Å². The number of aryl methyl sites for hydroxylation is 1. The molecule has 6 nitrogen and oxygen atoms in total. The molecule has 23 heavy (non-hydrogen) atoms. The van der Waals surface area contributed by atoms with E-state index in [1.807, 2.05) is 0 Å². The van der Waals surface area contributed by atoms with Crippen LogP contribution in [-0.2, 0) is 17.6 Å². The molecule has 0 atom stereocenters. The molecule has 1 aliphatic carbocycles. The summed E-state index contributed by atoms with van der Waals surface area (Å²) in [6, 6.07) is 0. The van der Waals surface area contributed by atoms with Crippen LogP contribution in [0.15, 0.2) is 0 Å². The Labute approximate surface area is 138 Å². The van der Waals surface area contributed by atoms with Gasteiger partial charge in [-0.2, -0.15) is 4.98 Å². The summed E-state index contributed by atoms with van der Waals surface area (Å²) >= 11 is 0. The lowest BCUT2D eigenvalue weighted by Gasteiger charge is -2.35. The lowest BCUT2D eigenvalue weighted by molar-refractivity contribution is 0.122. The zero-order chi connectivity index (χ0) is 15.6. The number of likely N-dealkylation sites (N-methyl/N-ethyl adjacent to an activating group) is 1. The molecule has 4 rings (SSSR count). The molecule has 0 amide bonds. The number of hydrogen-bond donors (Lipinski definition) is 0. The Hall–Kier alpha value is -1.40. The van der Waals surface area contributed by atoms with Crippen molar-refractivity contribution in [1.29, 1.82) is 0 Å². The molecule has 126 valence electrons. The number of piperazine rings is 1. The molecular weight excluding hydrogens is 290 g/mol. The second kappa shape index (κ2) is 6.61. The number of rotatable bonds is 2. The zero-order valence-corrected chi connectivity index (χ0v) is 14.1. The molecule has 0 N–H and O–H groups in total. The lowest BCUT2D eigenvalue weighted by Crippen LogP contribution is -2.45. The highest BCUT2D eigenvalue weighted by Crippen LogP contribution is 2.30. The molecule has 0 saturated carbocycles. The van der Waals surface area contributed by atoms with E-state index in [-0.39, 0.29) is 0 Å². The van der Waals surface area contributed by atoms with Gasteiger partial charge in [-0.15, -0.1) is 0 Å². The Morgan fingerprint density at radius 3 is 2.35 bits per heavy atom. The molecule has 3 heterocycles. The number of aromatic nitrogens is 2. The van der Waals surface area contributed by atoms with Crippen molar-refractivity contribution in [2.24, 2.45) is 0 Å². The molecule has 0 radical (unpaired) electrons. The predicted octanol–water partition coefficient (Wildman–Crippen LogP) is 0.944. The molecule has 2 aliphatic heterocycles. The molecule has 0 aromatic carbocycles. The van der Waals surface area contributed by atoms with Crippen LogP contribution in [0.3, 0.4) is 0 Å². The van der Waals surface area contributed by atoms with E-state index < -0.39 is 0 Å². The van der Waals surface area contributed by atoms with Crippen LogP contribution in [-0.4, -0.2) is 74.4 Å². The molecule has 2 fully saturated rings. The fraction of sp³-hybridized carbons (Fsp3) is 0.765. The first kappa shape index (κ1) is 15.1. The van der Waals surface area contributed by atoms with Crippen molar-refractivity contribution >= 4 is 11.8 Å². The Bertz CT molecular complexity index is 550. The first-order valence-corrected chi connectivity index (χ1v) is 8.97. The van der Waals surface area contributed by atoms with Gasteiger partial charge in [-0.3, -0.25) is 0 Å². The molecule has 0 unspecified atom stereocenters. The molecule has 3 aliphatic rings. The van der Waals surface area contributed by atoms with E-state index in [1.54, 1.807) is 0 Å². The summed E-state index contributed by atoms with van der Waals surface area (Å²) in [5.74, 6) is 2.13. The largest absolute Gasteiger partial charge is 0.378 e. The fourth-order valence-corrected chi connectivity index (χ4v) is 3.75. The molecule has 2 saturated heterocycles. The molecule has 0 spiro atoms. The first-order chi connectivity index (χ1) is 11.3. The maximum atomic E-state index is 5.52. The van der Waals surface area contributed by atoms with Gasteiger partial charge in [-0.1, -0.05) is 0 Å². The minimum absolute atomic E-state index is 0.808. The Kier molecular flexibility index (Phi) is 4.35. The average Bonchev–Trinajstić information content (AvgIpc) is 2.62. The Morgan fingerprint density at radius 2 is 1.57 bits per heavy atom. The molecule has 0 bridgehead atoms. The van der Waals surface area contributed by atoms with Gasteiger partial charge in [0.1, 0.15) is 5.82 Å². The van der Waals surface area contributed by atoms with Crippen LogP contribution in [0.1, 0.15) is 24.1 Å². The van der Waals surface area contributed by atoms with Gasteiger partial charge < -0.3 is 19.4 Å². The number of hydrogen-bond acceptors (Lipinski definition) is 6. The standard InChI is InChI=1S/C17H27N5O/c1-20-6-8-22(9-7-20)17-18-15-5-3-2-4-14(15)16(19-17)21-10-12-23-13-11-21/h2-13H2,1H3. The lowest BCUT2D eigenvalue weighted by atomic mass is 9.96. The van der Waals surface area contributed by atoms with E-state index in [0.717, 1.165) is 71.3 Å². The van der Waals surface area contributed by atoms with E-state index in [4.69, 9.17) is 14.7 Å². The van der Waals surface area contributed by atoms with E-state index in [9.17, 15) is 0 Å². The van der Waals surface area contributed by atoms with Crippen molar-refractivity contribution in [1.82, 2.24) is 14.9 Å². The van der Waals surface area contributed by atoms with Crippen LogP contribution >= 0.6 is 0 Å². The van der Waals surface area contributed by atoms with Crippen LogP contribution in [0, 0.1) is 0 Å². The van der Waals surface area contributed by atoms with Crippen molar-refractivity contribution in [3.8, 4) is 0 Å². The third-order valence-electron chi connectivity index (χ3n) is 5.25. The van der Waals surface area contributed by atoms with Gasteiger partial charge in [-0.05, 0) is 32.7 Å². The van der Waals surface area contributed by atoms with Crippen molar-refractivity contribution < 1.29 is 4.74 Å². The quantitative estimate of drug-likeness (QED) is 0.809. The number of nitrogens with zero attached hydrogens (tertiary/aromatic N) is 5. The van der Waals surface area contributed by atoms with Gasteiger partial charge in [0.25, 0.3) is 0 Å². The Balaban J connectivity index is 1.67. The fourth-order valence-electron chi connectivity index (χ4n) is 3.75. The van der Waals surface area contributed by atoms with Crippen molar-refractivity contribution in [3.05, 3.63) is 11.3 Å². The smallest absolute Gasteiger partial charge is 0.227 e. The van der Waals surface area contributed by atoms with Crippen molar-refractivity contribution in [2.75, 3.05) is 69.3 Å². The number of ether oxygens (including phenoxy) is 1. The van der Waals surface area contributed by atoms with Gasteiger partial charge in [0.15, 0.2) is 0 Å². The monoisotopic (exact) mass is 317 g/mol. The van der Waals surface area contributed by atoms with Crippen LogP contribution < -0.4 is 9.80 Å². The van der Waals surface area contributed by atoms with E-state index in [0.29, 0.717) is 0 Å². The maximum absolute atomic E-state index is 5.52. The van der Waals surface area contributed by atoms with Crippen LogP contribution in [0.4, 0.5) is 11.8 Å². The van der Waals surface area contributed by atoms with Crippen molar-refractivity contribution in [3.63, 3.8) is 0 Å². The summed E-state index contributed by atoms with van der Waals surface area (Å²) in [5, 5.41) is 0. The predicted molar refractivity (Wildman–Crippen MR) is 91.4 cm³/mol. The molecule has 1 aromatic rings. The number of anilines is 2. The Morgan fingerprint density at radius 1 is 0.826 bits per heavy atom. The summed E-state index contributed by atoms with van der Waals surface area (Å²) in [6.45, 7) is 7.75. The SMILES string of the molecule is CN1CCN(c2nc3c(c(N4CCOCC4)n2)CCCC3)CC1. The van der Waals surface area contributed by atoms with Crippen LogP contribution in [0.25, 0.3) is 0 Å². The number of morpholine rings is 1. The average molecular weight is 317 g/mol. The van der Waals surface area contributed by atoms with Gasteiger partial charge in [-0.25, -0.2) is 4.98 Å². The zero-order valence-electron chi connectivity index (χ0n) is 14.1. The summed E-state index contributed by atoms with van der Waals surface area (Å²) in [7, 11) is 2.18. The molecular formula is C17H27N5O. The molecule has 6 heteroatoms. The van der Waals surface area contributed by atoms with Crippen LogP contribution in [0.2, 0.25) is 0 Å². The maximum Gasteiger partial charge on any atom is 0.227 e.